The van der Waals surface area contributed by atoms with Crippen molar-refractivity contribution in [3.63, 3.8) is 0 Å². The molecular weight excluding hydrogens is 214 g/mol. The molecule has 1 aromatic heterocycles. The number of aliphatic hydroxyl groups is 1. The maximum absolute atomic E-state index is 10.5. The predicted molar refractivity (Wildman–Crippen MR) is 66.9 cm³/mol. The summed E-state index contributed by atoms with van der Waals surface area (Å²) in [5.41, 5.74) is 0.0703. The van der Waals surface area contributed by atoms with Crippen molar-refractivity contribution in [2.24, 2.45) is 5.92 Å². The predicted octanol–water partition coefficient (Wildman–Crippen LogP) is 2.88. The Balaban J connectivity index is 2.10. The molecule has 1 aromatic rings. The van der Waals surface area contributed by atoms with E-state index in [2.05, 4.69) is 4.98 Å². The first-order chi connectivity index (χ1) is 8.12. The first-order valence-electron chi connectivity index (χ1n) is 6.42. The van der Waals surface area contributed by atoms with Crippen LogP contribution >= 0.6 is 0 Å². The van der Waals surface area contributed by atoms with E-state index in [0.717, 1.165) is 17.7 Å². The average molecular weight is 235 g/mol. The summed E-state index contributed by atoms with van der Waals surface area (Å²) in [6, 6.07) is 1.90. The van der Waals surface area contributed by atoms with Crippen molar-refractivity contribution in [2.75, 3.05) is 6.61 Å². The maximum atomic E-state index is 10.5. The van der Waals surface area contributed by atoms with E-state index in [-0.39, 0.29) is 0 Å². The van der Waals surface area contributed by atoms with Crippen molar-refractivity contribution in [3.8, 4) is 5.75 Å². The molecule has 3 heteroatoms. The number of nitrogens with zero attached hydrogens (tertiary/aromatic N) is 1. The van der Waals surface area contributed by atoms with Crippen LogP contribution in [0.2, 0.25) is 0 Å². The first kappa shape index (κ1) is 12.4. The van der Waals surface area contributed by atoms with Crippen LogP contribution in [0.15, 0.2) is 18.5 Å². The Morgan fingerprint density at radius 3 is 2.82 bits per heavy atom. The van der Waals surface area contributed by atoms with Crippen LogP contribution in [-0.2, 0) is 5.60 Å². The Morgan fingerprint density at radius 2 is 2.24 bits per heavy atom. The number of ether oxygens (including phenoxy) is 1. The molecule has 1 fully saturated rings. The van der Waals surface area contributed by atoms with E-state index in [1.165, 1.54) is 19.3 Å². The topological polar surface area (TPSA) is 42.4 Å². The van der Waals surface area contributed by atoms with Gasteiger partial charge in [-0.3, -0.25) is 4.98 Å². The van der Waals surface area contributed by atoms with Crippen LogP contribution in [0.25, 0.3) is 0 Å². The SMILES string of the molecule is CCOc1cncc(C(C)(O)CC2CCC2)c1. The molecule has 0 bridgehead atoms. The third-order valence-corrected chi connectivity index (χ3v) is 3.56. The summed E-state index contributed by atoms with van der Waals surface area (Å²) in [4.78, 5) is 4.14. The van der Waals surface area contributed by atoms with Crippen LogP contribution in [0.3, 0.4) is 0 Å². The van der Waals surface area contributed by atoms with Gasteiger partial charge in [0.1, 0.15) is 5.75 Å². The summed E-state index contributed by atoms with van der Waals surface area (Å²) in [7, 11) is 0. The van der Waals surface area contributed by atoms with Crippen molar-refractivity contribution in [2.45, 2.75) is 45.1 Å². The lowest BCUT2D eigenvalue weighted by atomic mass is 9.76. The van der Waals surface area contributed by atoms with Crippen LogP contribution in [0, 0.1) is 5.92 Å². The minimum Gasteiger partial charge on any atom is -0.492 e. The van der Waals surface area contributed by atoms with Gasteiger partial charge in [0, 0.05) is 11.8 Å². The first-order valence-corrected chi connectivity index (χ1v) is 6.42. The zero-order chi connectivity index (χ0) is 12.3. The Kier molecular flexibility index (Phi) is 3.67. The van der Waals surface area contributed by atoms with Crippen LogP contribution < -0.4 is 4.74 Å². The molecule has 0 aliphatic heterocycles. The van der Waals surface area contributed by atoms with Crippen molar-refractivity contribution >= 4 is 0 Å². The standard InChI is InChI=1S/C14H21NO2/c1-3-17-13-7-12(9-15-10-13)14(2,16)8-11-5-4-6-11/h7,9-11,16H,3-6,8H2,1-2H3. The summed E-state index contributed by atoms with van der Waals surface area (Å²) in [5.74, 6) is 1.40. The van der Waals surface area contributed by atoms with Gasteiger partial charge in [-0.2, -0.15) is 0 Å². The van der Waals surface area contributed by atoms with Gasteiger partial charge in [0.05, 0.1) is 18.4 Å². The molecule has 0 spiro atoms. The Hall–Kier alpha value is -1.09. The molecule has 94 valence electrons. The number of rotatable bonds is 5. The zero-order valence-electron chi connectivity index (χ0n) is 10.6. The smallest absolute Gasteiger partial charge is 0.137 e. The van der Waals surface area contributed by atoms with Gasteiger partial charge in [-0.15, -0.1) is 0 Å². The second kappa shape index (κ2) is 5.05. The third kappa shape index (κ3) is 2.97. The van der Waals surface area contributed by atoms with Crippen molar-refractivity contribution in [1.82, 2.24) is 4.98 Å². The number of hydrogen-bond acceptors (Lipinski definition) is 3. The van der Waals surface area contributed by atoms with E-state index in [0.29, 0.717) is 12.5 Å². The van der Waals surface area contributed by atoms with Gasteiger partial charge in [0.25, 0.3) is 0 Å². The molecular formula is C14H21NO2. The van der Waals surface area contributed by atoms with E-state index in [1.807, 2.05) is 19.9 Å². The van der Waals surface area contributed by atoms with E-state index < -0.39 is 5.60 Å². The van der Waals surface area contributed by atoms with Crippen molar-refractivity contribution < 1.29 is 9.84 Å². The molecule has 1 unspecified atom stereocenters. The minimum atomic E-state index is -0.787. The van der Waals surface area contributed by atoms with E-state index in [9.17, 15) is 5.11 Å². The molecule has 1 atom stereocenters. The maximum Gasteiger partial charge on any atom is 0.137 e. The lowest BCUT2D eigenvalue weighted by Crippen LogP contribution is -2.28. The number of aromatic nitrogens is 1. The molecule has 3 nitrogen and oxygen atoms in total. The van der Waals surface area contributed by atoms with E-state index in [1.54, 1.807) is 12.4 Å². The van der Waals surface area contributed by atoms with Crippen molar-refractivity contribution in [3.05, 3.63) is 24.0 Å². The van der Waals surface area contributed by atoms with Crippen LogP contribution in [-0.4, -0.2) is 16.7 Å². The zero-order valence-corrected chi connectivity index (χ0v) is 10.6. The number of pyridine rings is 1. The molecule has 0 aromatic carbocycles. The molecule has 17 heavy (non-hydrogen) atoms. The van der Waals surface area contributed by atoms with Gasteiger partial charge in [0.15, 0.2) is 0 Å². The third-order valence-electron chi connectivity index (χ3n) is 3.56. The fourth-order valence-corrected chi connectivity index (χ4v) is 2.34. The largest absolute Gasteiger partial charge is 0.492 e. The molecule has 0 amide bonds. The fraction of sp³-hybridized carbons (Fsp3) is 0.643. The molecule has 1 aliphatic rings. The summed E-state index contributed by atoms with van der Waals surface area (Å²) >= 11 is 0. The Labute approximate surface area is 103 Å². The molecule has 0 saturated heterocycles. The normalized spacial score (nSPS) is 19.5. The van der Waals surface area contributed by atoms with E-state index >= 15 is 0 Å². The lowest BCUT2D eigenvalue weighted by molar-refractivity contribution is 0.0156. The van der Waals surface area contributed by atoms with Crippen LogP contribution in [0.1, 0.15) is 45.1 Å². The highest BCUT2D eigenvalue weighted by Gasteiger charge is 2.30. The molecule has 1 heterocycles. The Morgan fingerprint density at radius 1 is 1.47 bits per heavy atom. The lowest BCUT2D eigenvalue weighted by Gasteiger charge is -2.33. The summed E-state index contributed by atoms with van der Waals surface area (Å²) in [6.07, 6.45) is 8.04. The fourth-order valence-electron chi connectivity index (χ4n) is 2.34. The highest BCUT2D eigenvalue weighted by Crippen LogP contribution is 2.38. The van der Waals surface area contributed by atoms with Gasteiger partial charge in [0.2, 0.25) is 0 Å². The van der Waals surface area contributed by atoms with Crippen molar-refractivity contribution in [1.29, 1.82) is 0 Å². The summed E-state index contributed by atoms with van der Waals surface area (Å²) in [6.45, 7) is 4.44. The number of hydrogen-bond donors (Lipinski definition) is 1. The van der Waals surface area contributed by atoms with Crippen LogP contribution in [0.4, 0.5) is 0 Å². The Bertz CT molecular complexity index is 372. The molecule has 1 aliphatic carbocycles. The second-order valence-electron chi connectivity index (χ2n) is 5.12. The molecule has 1 N–H and O–H groups in total. The second-order valence-corrected chi connectivity index (χ2v) is 5.12. The minimum absolute atomic E-state index is 0.621. The quantitative estimate of drug-likeness (QED) is 0.853. The monoisotopic (exact) mass is 235 g/mol. The molecule has 2 rings (SSSR count). The van der Waals surface area contributed by atoms with Gasteiger partial charge in [-0.25, -0.2) is 0 Å². The van der Waals surface area contributed by atoms with E-state index in [4.69, 9.17) is 4.74 Å². The highest BCUT2D eigenvalue weighted by molar-refractivity contribution is 5.27. The van der Waals surface area contributed by atoms with Gasteiger partial charge in [-0.1, -0.05) is 19.3 Å². The van der Waals surface area contributed by atoms with Gasteiger partial charge in [-0.05, 0) is 32.3 Å². The summed E-state index contributed by atoms with van der Waals surface area (Å²) < 4.78 is 5.41. The van der Waals surface area contributed by atoms with Crippen LogP contribution in [0.5, 0.6) is 5.75 Å². The molecule has 1 saturated carbocycles. The van der Waals surface area contributed by atoms with Gasteiger partial charge < -0.3 is 9.84 Å². The van der Waals surface area contributed by atoms with Gasteiger partial charge >= 0.3 is 0 Å². The highest BCUT2D eigenvalue weighted by atomic mass is 16.5. The molecule has 0 radical (unpaired) electrons. The average Bonchev–Trinajstić information content (AvgIpc) is 2.25. The summed E-state index contributed by atoms with van der Waals surface area (Å²) in [5, 5.41) is 10.5.